The third-order valence-electron chi connectivity index (χ3n) is 4.04. The molecular weight excluding hydrogens is 270 g/mol. The third kappa shape index (κ3) is 2.45. The quantitative estimate of drug-likeness (QED) is 0.658. The second kappa shape index (κ2) is 4.86. The summed E-state index contributed by atoms with van der Waals surface area (Å²) in [5.41, 5.74) is 3.01. The zero-order valence-corrected chi connectivity index (χ0v) is 13.0. The molecule has 0 bridgehead atoms. The van der Waals surface area contributed by atoms with Crippen LogP contribution in [0.3, 0.4) is 0 Å². The van der Waals surface area contributed by atoms with E-state index in [1.54, 1.807) is 11.3 Å². The SMILES string of the molecule is Cc1cc2c(N3CCC(C)(C)CC3)nc(NN)nc2s1. The lowest BCUT2D eigenvalue weighted by Gasteiger charge is -2.37. The number of piperidine rings is 1. The molecule has 5 nitrogen and oxygen atoms in total. The van der Waals surface area contributed by atoms with Crippen LogP contribution in [0.5, 0.6) is 0 Å². The summed E-state index contributed by atoms with van der Waals surface area (Å²) >= 11 is 1.69. The minimum atomic E-state index is 0.433. The molecule has 1 fully saturated rings. The highest BCUT2D eigenvalue weighted by molar-refractivity contribution is 7.18. The summed E-state index contributed by atoms with van der Waals surface area (Å²) in [7, 11) is 0. The van der Waals surface area contributed by atoms with Crippen LogP contribution in [0.4, 0.5) is 11.8 Å². The van der Waals surface area contributed by atoms with Crippen molar-refractivity contribution >= 4 is 33.3 Å². The summed E-state index contributed by atoms with van der Waals surface area (Å²) < 4.78 is 0. The van der Waals surface area contributed by atoms with E-state index < -0.39 is 0 Å². The molecule has 6 heteroatoms. The van der Waals surface area contributed by atoms with Gasteiger partial charge in [-0.2, -0.15) is 4.98 Å². The molecule has 0 spiro atoms. The van der Waals surface area contributed by atoms with Gasteiger partial charge in [0.25, 0.3) is 0 Å². The van der Waals surface area contributed by atoms with Crippen molar-refractivity contribution in [1.82, 2.24) is 9.97 Å². The Hall–Kier alpha value is -1.40. The molecule has 2 aromatic rings. The molecule has 0 saturated carbocycles. The van der Waals surface area contributed by atoms with E-state index in [0.29, 0.717) is 11.4 Å². The van der Waals surface area contributed by atoms with Crippen molar-refractivity contribution in [2.75, 3.05) is 23.4 Å². The van der Waals surface area contributed by atoms with Gasteiger partial charge in [0.1, 0.15) is 10.6 Å². The van der Waals surface area contributed by atoms with Crippen molar-refractivity contribution in [3.05, 3.63) is 10.9 Å². The predicted octanol–water partition coefficient (Wildman–Crippen LogP) is 2.91. The number of hydrogen-bond acceptors (Lipinski definition) is 6. The zero-order chi connectivity index (χ0) is 14.3. The lowest BCUT2D eigenvalue weighted by atomic mass is 9.82. The fraction of sp³-hybridized carbons (Fsp3) is 0.571. The Kier molecular flexibility index (Phi) is 3.30. The van der Waals surface area contributed by atoms with Crippen LogP contribution in [0.25, 0.3) is 10.2 Å². The largest absolute Gasteiger partial charge is 0.356 e. The first-order valence-corrected chi connectivity index (χ1v) is 7.80. The number of fused-ring (bicyclic) bond motifs is 1. The normalized spacial score (nSPS) is 18.5. The molecule has 1 saturated heterocycles. The van der Waals surface area contributed by atoms with Crippen LogP contribution in [-0.4, -0.2) is 23.1 Å². The Bertz CT molecular complexity index is 624. The highest BCUT2D eigenvalue weighted by atomic mass is 32.1. The van der Waals surface area contributed by atoms with Gasteiger partial charge in [-0.05, 0) is 31.2 Å². The number of aryl methyl sites for hydroxylation is 1. The molecular formula is C14H21N5S. The summed E-state index contributed by atoms with van der Waals surface area (Å²) in [6.45, 7) is 8.85. The summed E-state index contributed by atoms with van der Waals surface area (Å²) in [6.07, 6.45) is 2.38. The second-order valence-corrected chi connectivity index (χ2v) is 7.48. The molecule has 1 aliphatic rings. The van der Waals surface area contributed by atoms with Crippen molar-refractivity contribution in [3.8, 4) is 0 Å². The number of nitrogens with two attached hydrogens (primary N) is 1. The van der Waals surface area contributed by atoms with Gasteiger partial charge in [0, 0.05) is 18.0 Å². The summed E-state index contributed by atoms with van der Waals surface area (Å²) in [4.78, 5) is 13.7. The molecule has 0 aromatic carbocycles. The lowest BCUT2D eigenvalue weighted by Crippen LogP contribution is -2.38. The minimum absolute atomic E-state index is 0.433. The van der Waals surface area contributed by atoms with Gasteiger partial charge in [-0.3, -0.25) is 5.43 Å². The van der Waals surface area contributed by atoms with Crippen LogP contribution in [-0.2, 0) is 0 Å². The third-order valence-corrected chi connectivity index (χ3v) is 4.99. The molecule has 2 aromatic heterocycles. The van der Waals surface area contributed by atoms with E-state index in [2.05, 4.69) is 47.1 Å². The van der Waals surface area contributed by atoms with Crippen LogP contribution in [0.2, 0.25) is 0 Å². The number of hydrogen-bond donors (Lipinski definition) is 2. The van der Waals surface area contributed by atoms with Gasteiger partial charge in [-0.1, -0.05) is 13.8 Å². The van der Waals surface area contributed by atoms with E-state index >= 15 is 0 Å². The number of hydrazine groups is 1. The topological polar surface area (TPSA) is 67.1 Å². The zero-order valence-electron chi connectivity index (χ0n) is 12.2. The first-order valence-electron chi connectivity index (χ1n) is 6.98. The maximum Gasteiger partial charge on any atom is 0.240 e. The van der Waals surface area contributed by atoms with E-state index in [1.165, 1.54) is 17.7 Å². The molecule has 3 heterocycles. The van der Waals surface area contributed by atoms with Crippen molar-refractivity contribution in [1.29, 1.82) is 0 Å². The van der Waals surface area contributed by atoms with Gasteiger partial charge in [0.2, 0.25) is 5.95 Å². The summed E-state index contributed by atoms with van der Waals surface area (Å²) in [5.74, 6) is 7.02. The first-order chi connectivity index (χ1) is 9.48. The highest BCUT2D eigenvalue weighted by Crippen LogP contribution is 2.36. The van der Waals surface area contributed by atoms with E-state index in [9.17, 15) is 0 Å². The molecule has 3 N–H and O–H groups in total. The highest BCUT2D eigenvalue weighted by Gasteiger charge is 2.27. The van der Waals surface area contributed by atoms with Gasteiger partial charge < -0.3 is 4.90 Å². The van der Waals surface area contributed by atoms with Crippen LogP contribution < -0.4 is 16.2 Å². The fourth-order valence-corrected chi connectivity index (χ4v) is 3.53. The van der Waals surface area contributed by atoms with Crippen molar-refractivity contribution in [3.63, 3.8) is 0 Å². The summed E-state index contributed by atoms with van der Waals surface area (Å²) in [5, 5.41) is 1.14. The monoisotopic (exact) mass is 291 g/mol. The predicted molar refractivity (Wildman–Crippen MR) is 85.2 cm³/mol. The Balaban J connectivity index is 2.01. The average Bonchev–Trinajstić information content (AvgIpc) is 2.78. The van der Waals surface area contributed by atoms with E-state index in [4.69, 9.17) is 5.84 Å². The molecule has 0 aliphatic carbocycles. The van der Waals surface area contributed by atoms with Crippen LogP contribution in [0, 0.1) is 12.3 Å². The number of anilines is 2. The number of nitrogen functional groups attached to an aromatic ring is 1. The molecule has 0 radical (unpaired) electrons. The van der Waals surface area contributed by atoms with Gasteiger partial charge in [0.05, 0.1) is 5.39 Å². The second-order valence-electron chi connectivity index (χ2n) is 6.24. The Morgan fingerprint density at radius 2 is 2.00 bits per heavy atom. The van der Waals surface area contributed by atoms with Gasteiger partial charge in [-0.15, -0.1) is 11.3 Å². The first kappa shape index (κ1) is 13.6. The number of rotatable bonds is 2. The van der Waals surface area contributed by atoms with E-state index in [1.807, 2.05) is 0 Å². The standard InChI is InChI=1S/C14H21N5S/c1-9-8-10-11(16-13(18-15)17-12(10)20-9)19-6-4-14(2,3)5-7-19/h8H,4-7,15H2,1-3H3,(H,16,17,18). The Morgan fingerprint density at radius 3 is 2.65 bits per heavy atom. The molecule has 1 aliphatic heterocycles. The number of aromatic nitrogens is 2. The van der Waals surface area contributed by atoms with Crippen LogP contribution in [0.1, 0.15) is 31.6 Å². The number of nitrogens with zero attached hydrogens (tertiary/aromatic N) is 3. The van der Waals surface area contributed by atoms with Gasteiger partial charge >= 0.3 is 0 Å². The van der Waals surface area contributed by atoms with Gasteiger partial charge in [-0.25, -0.2) is 10.8 Å². The molecule has 0 atom stereocenters. The smallest absolute Gasteiger partial charge is 0.240 e. The molecule has 0 unspecified atom stereocenters. The molecule has 108 valence electrons. The molecule has 3 rings (SSSR count). The van der Waals surface area contributed by atoms with Crippen molar-refractivity contribution in [2.24, 2.45) is 11.3 Å². The van der Waals surface area contributed by atoms with Crippen LogP contribution in [0.15, 0.2) is 6.07 Å². The summed E-state index contributed by atoms with van der Waals surface area (Å²) in [6, 6.07) is 2.18. The minimum Gasteiger partial charge on any atom is -0.356 e. The molecule has 0 amide bonds. The fourth-order valence-electron chi connectivity index (χ4n) is 2.66. The Morgan fingerprint density at radius 1 is 1.30 bits per heavy atom. The Labute approximate surface area is 123 Å². The maximum absolute atomic E-state index is 5.50. The van der Waals surface area contributed by atoms with Crippen molar-refractivity contribution in [2.45, 2.75) is 33.6 Å². The van der Waals surface area contributed by atoms with Gasteiger partial charge in [0.15, 0.2) is 0 Å². The number of nitrogens with one attached hydrogen (secondary N) is 1. The lowest BCUT2D eigenvalue weighted by molar-refractivity contribution is 0.279. The number of thiophene rings is 1. The average molecular weight is 291 g/mol. The maximum atomic E-state index is 5.50. The molecule has 20 heavy (non-hydrogen) atoms. The van der Waals surface area contributed by atoms with Crippen LogP contribution >= 0.6 is 11.3 Å². The van der Waals surface area contributed by atoms with E-state index in [-0.39, 0.29) is 0 Å². The van der Waals surface area contributed by atoms with Crippen molar-refractivity contribution < 1.29 is 0 Å². The van der Waals surface area contributed by atoms with E-state index in [0.717, 1.165) is 29.1 Å².